The summed E-state index contributed by atoms with van der Waals surface area (Å²) in [6.45, 7) is 6.48. The van der Waals surface area contributed by atoms with Crippen molar-refractivity contribution in [2.45, 2.75) is 52.0 Å². The Hall–Kier alpha value is -0.0800. The number of rotatable bonds is 0. The van der Waals surface area contributed by atoms with Crippen LogP contribution in [0.1, 0.15) is 46.0 Å². The Bertz CT molecular complexity index is 129. The van der Waals surface area contributed by atoms with Crippen molar-refractivity contribution >= 4 is 0 Å². The zero-order chi connectivity index (χ0) is 9.73. The van der Waals surface area contributed by atoms with Crippen LogP contribution in [0.2, 0.25) is 0 Å². The van der Waals surface area contributed by atoms with Gasteiger partial charge in [-0.05, 0) is 44.1 Å². The predicted octanol–water partition coefficient (Wildman–Crippen LogP) is 1.89. The topological polar surface area (TPSA) is 38.0 Å². The van der Waals surface area contributed by atoms with Gasteiger partial charge in [0.2, 0.25) is 0 Å². The molecule has 1 aliphatic heterocycles. The van der Waals surface area contributed by atoms with Gasteiger partial charge >= 0.3 is 0 Å². The number of nitrogens with one attached hydrogen (secondary N) is 1. The van der Waals surface area contributed by atoms with Crippen LogP contribution < -0.4 is 11.1 Å². The molecule has 0 aromatic rings. The molecule has 0 atom stereocenters. The molecule has 3 N–H and O–H groups in total. The van der Waals surface area contributed by atoms with Gasteiger partial charge in [-0.1, -0.05) is 13.8 Å². The molecule has 0 aromatic carbocycles. The molecule has 1 heterocycles. The third-order valence-electron chi connectivity index (χ3n) is 3.42. The van der Waals surface area contributed by atoms with Gasteiger partial charge in [0.1, 0.15) is 0 Å². The maximum absolute atomic E-state index is 5.87. The van der Waals surface area contributed by atoms with E-state index in [0.717, 1.165) is 0 Å². The molecule has 0 bridgehead atoms. The van der Waals surface area contributed by atoms with Crippen LogP contribution in [-0.4, -0.2) is 19.1 Å². The van der Waals surface area contributed by atoms with Crippen molar-refractivity contribution in [2.75, 3.05) is 13.1 Å². The summed E-state index contributed by atoms with van der Waals surface area (Å²) in [5.41, 5.74) is 6.53. The van der Waals surface area contributed by atoms with Crippen LogP contribution in [0.15, 0.2) is 0 Å². The summed E-state index contributed by atoms with van der Waals surface area (Å²) < 4.78 is 0. The summed E-state index contributed by atoms with van der Waals surface area (Å²) in [6.07, 6.45) is 6.62. The molecule has 13 heavy (non-hydrogen) atoms. The van der Waals surface area contributed by atoms with Crippen LogP contribution in [0.4, 0.5) is 0 Å². The number of hydrogen-bond donors (Lipinski definition) is 2. The van der Waals surface area contributed by atoms with Gasteiger partial charge in [0, 0.05) is 12.6 Å². The van der Waals surface area contributed by atoms with Crippen LogP contribution in [0, 0.1) is 5.41 Å². The normalized spacial score (nSPS) is 38.5. The first-order valence-electron chi connectivity index (χ1n) is 5.77. The van der Waals surface area contributed by atoms with E-state index in [1.165, 1.54) is 45.2 Å². The van der Waals surface area contributed by atoms with E-state index in [9.17, 15) is 0 Å². The van der Waals surface area contributed by atoms with Crippen molar-refractivity contribution in [1.29, 1.82) is 0 Å². The molecular formula is C11H24N2. The maximum Gasteiger partial charge on any atom is 0.00392 e. The Labute approximate surface area is 82.3 Å². The fourth-order valence-electron chi connectivity index (χ4n) is 2.47. The fourth-order valence-corrected chi connectivity index (χ4v) is 2.47. The van der Waals surface area contributed by atoms with E-state index in [1.54, 1.807) is 0 Å². The van der Waals surface area contributed by atoms with Gasteiger partial charge in [-0.2, -0.15) is 0 Å². The second-order valence-electron chi connectivity index (χ2n) is 4.26. The molecule has 0 amide bonds. The highest BCUT2D eigenvalue weighted by Gasteiger charge is 2.36. The average Bonchev–Trinajstić information content (AvgIpc) is 2.63. The van der Waals surface area contributed by atoms with Crippen LogP contribution in [-0.2, 0) is 0 Å². The minimum atomic E-state index is 0.501. The first kappa shape index (κ1) is 11.0. The molecule has 2 rings (SSSR count). The van der Waals surface area contributed by atoms with Gasteiger partial charge in [0.25, 0.3) is 0 Å². The molecular weight excluding hydrogens is 160 g/mol. The van der Waals surface area contributed by atoms with Crippen LogP contribution in [0.25, 0.3) is 0 Å². The number of hydrogen-bond acceptors (Lipinski definition) is 2. The van der Waals surface area contributed by atoms with Gasteiger partial charge in [0.15, 0.2) is 0 Å². The minimum Gasteiger partial charge on any atom is -0.328 e. The van der Waals surface area contributed by atoms with Crippen LogP contribution in [0.3, 0.4) is 0 Å². The Morgan fingerprint density at radius 3 is 2.23 bits per heavy atom. The highest BCUT2D eigenvalue weighted by Crippen LogP contribution is 2.40. The lowest BCUT2D eigenvalue weighted by Gasteiger charge is -2.35. The van der Waals surface area contributed by atoms with Gasteiger partial charge in [-0.15, -0.1) is 0 Å². The standard InChI is InChI=1S/C9H18N2.C2H6/c10-8-1-3-9(4-2-8)5-6-11-7-9;1-2/h8,11H,1-7,10H2;1-2H3. The van der Waals surface area contributed by atoms with Crippen molar-refractivity contribution < 1.29 is 0 Å². The molecule has 1 saturated carbocycles. The van der Waals surface area contributed by atoms with Crippen LogP contribution in [0.5, 0.6) is 0 Å². The van der Waals surface area contributed by atoms with Crippen molar-refractivity contribution in [3.63, 3.8) is 0 Å². The van der Waals surface area contributed by atoms with E-state index < -0.39 is 0 Å². The molecule has 1 spiro atoms. The van der Waals surface area contributed by atoms with Gasteiger partial charge < -0.3 is 11.1 Å². The van der Waals surface area contributed by atoms with Gasteiger partial charge in [-0.25, -0.2) is 0 Å². The zero-order valence-corrected chi connectivity index (χ0v) is 9.10. The molecule has 1 saturated heterocycles. The third kappa shape index (κ3) is 2.68. The highest BCUT2D eigenvalue weighted by atomic mass is 14.9. The molecule has 78 valence electrons. The molecule has 0 unspecified atom stereocenters. The van der Waals surface area contributed by atoms with E-state index in [-0.39, 0.29) is 0 Å². The Balaban J connectivity index is 0.000000396. The molecule has 2 fully saturated rings. The Morgan fingerprint density at radius 1 is 1.15 bits per heavy atom. The van der Waals surface area contributed by atoms with E-state index in [4.69, 9.17) is 5.73 Å². The Morgan fingerprint density at radius 2 is 1.77 bits per heavy atom. The minimum absolute atomic E-state index is 0.501. The molecule has 2 heteroatoms. The first-order chi connectivity index (χ1) is 6.31. The summed E-state index contributed by atoms with van der Waals surface area (Å²) in [6, 6.07) is 0.501. The van der Waals surface area contributed by atoms with E-state index in [1.807, 2.05) is 13.8 Å². The zero-order valence-electron chi connectivity index (χ0n) is 9.10. The number of nitrogens with two attached hydrogens (primary N) is 1. The van der Waals surface area contributed by atoms with E-state index >= 15 is 0 Å². The largest absolute Gasteiger partial charge is 0.328 e. The summed E-state index contributed by atoms with van der Waals surface area (Å²) in [7, 11) is 0. The first-order valence-corrected chi connectivity index (χ1v) is 5.77. The molecule has 1 aliphatic carbocycles. The lowest BCUT2D eigenvalue weighted by atomic mass is 9.72. The Kier molecular flexibility index (Phi) is 4.20. The predicted molar refractivity (Wildman–Crippen MR) is 57.7 cm³/mol. The fraction of sp³-hybridized carbons (Fsp3) is 1.00. The van der Waals surface area contributed by atoms with Crippen molar-refractivity contribution in [3.05, 3.63) is 0 Å². The molecule has 2 aliphatic rings. The van der Waals surface area contributed by atoms with Gasteiger partial charge in [0.05, 0.1) is 0 Å². The lowest BCUT2D eigenvalue weighted by Crippen LogP contribution is -2.35. The average molecular weight is 184 g/mol. The molecule has 0 radical (unpaired) electrons. The highest BCUT2D eigenvalue weighted by molar-refractivity contribution is 4.92. The maximum atomic E-state index is 5.87. The van der Waals surface area contributed by atoms with E-state index in [0.29, 0.717) is 11.5 Å². The molecule has 2 nitrogen and oxygen atoms in total. The quantitative estimate of drug-likeness (QED) is 0.603. The lowest BCUT2D eigenvalue weighted by molar-refractivity contribution is 0.200. The second kappa shape index (κ2) is 4.97. The van der Waals surface area contributed by atoms with Crippen LogP contribution >= 0.6 is 0 Å². The molecule has 0 aromatic heterocycles. The van der Waals surface area contributed by atoms with Gasteiger partial charge in [-0.3, -0.25) is 0 Å². The monoisotopic (exact) mass is 184 g/mol. The summed E-state index contributed by atoms with van der Waals surface area (Å²) in [5, 5.41) is 3.46. The summed E-state index contributed by atoms with van der Waals surface area (Å²) in [4.78, 5) is 0. The SMILES string of the molecule is CC.NC1CCC2(CCNC2)CC1. The smallest absolute Gasteiger partial charge is 0.00392 e. The van der Waals surface area contributed by atoms with Crippen molar-refractivity contribution in [3.8, 4) is 0 Å². The van der Waals surface area contributed by atoms with Crippen molar-refractivity contribution in [2.24, 2.45) is 11.1 Å². The summed E-state index contributed by atoms with van der Waals surface area (Å²) >= 11 is 0. The summed E-state index contributed by atoms with van der Waals surface area (Å²) in [5.74, 6) is 0. The van der Waals surface area contributed by atoms with Crippen molar-refractivity contribution in [1.82, 2.24) is 5.32 Å². The second-order valence-corrected chi connectivity index (χ2v) is 4.26. The third-order valence-corrected chi connectivity index (χ3v) is 3.42. The van der Waals surface area contributed by atoms with E-state index in [2.05, 4.69) is 5.32 Å².